The number of aromatic nitrogens is 1. The predicted molar refractivity (Wildman–Crippen MR) is 181 cm³/mol. The number of ether oxygens (including phenoxy) is 2. The lowest BCUT2D eigenvalue weighted by molar-refractivity contribution is -0.113. The SMILES string of the molecule is COc1cc(/C=c2/sc3n(c2=O)[C@H](c2ccccc2)C(C(=O)Nc2ccccc2)=C(C)N=3)cc(Br)c1OCc1ccc(C#N)cc1. The van der Waals surface area contributed by atoms with Crippen LogP contribution in [-0.2, 0) is 11.4 Å². The third-order valence-electron chi connectivity index (χ3n) is 7.43. The highest BCUT2D eigenvalue weighted by Crippen LogP contribution is 2.37. The van der Waals surface area contributed by atoms with Crippen LogP contribution < -0.4 is 29.7 Å². The number of hydrogen-bond donors (Lipinski definition) is 1. The molecular weight excluding hydrogens is 664 g/mol. The average Bonchev–Trinajstić information content (AvgIpc) is 3.37. The third kappa shape index (κ3) is 6.29. The summed E-state index contributed by atoms with van der Waals surface area (Å²) in [7, 11) is 1.55. The Hall–Kier alpha value is -5.24. The van der Waals surface area contributed by atoms with Gasteiger partial charge in [-0.1, -0.05) is 72.0 Å². The van der Waals surface area contributed by atoms with E-state index in [4.69, 9.17) is 19.7 Å². The van der Waals surface area contributed by atoms with E-state index < -0.39 is 6.04 Å². The number of nitriles is 1. The number of anilines is 1. The molecule has 0 fully saturated rings. The van der Waals surface area contributed by atoms with Crippen LogP contribution in [0.2, 0.25) is 0 Å². The van der Waals surface area contributed by atoms with Crippen LogP contribution in [-0.4, -0.2) is 17.6 Å². The van der Waals surface area contributed by atoms with E-state index in [-0.39, 0.29) is 18.1 Å². The average molecular weight is 692 g/mol. The molecule has 0 spiro atoms. The molecule has 1 aromatic heterocycles. The van der Waals surface area contributed by atoms with Crippen molar-refractivity contribution in [3.8, 4) is 17.6 Å². The zero-order chi connectivity index (χ0) is 32.2. The lowest BCUT2D eigenvalue weighted by atomic mass is 9.95. The molecule has 0 saturated carbocycles. The molecule has 1 N–H and O–H groups in total. The monoisotopic (exact) mass is 690 g/mol. The Morgan fingerprint density at radius 2 is 1.76 bits per heavy atom. The molecule has 4 aromatic carbocycles. The number of rotatable bonds is 8. The number of benzene rings is 4. The maximum absolute atomic E-state index is 14.1. The Labute approximate surface area is 277 Å². The lowest BCUT2D eigenvalue weighted by Crippen LogP contribution is -2.40. The molecule has 1 amide bonds. The number of carbonyl (C=O) groups excluding carboxylic acids is 1. The normalized spacial score (nSPS) is 14.2. The molecular formula is C36H27BrN4O4S. The second kappa shape index (κ2) is 13.4. The number of carbonyl (C=O) groups is 1. The van der Waals surface area contributed by atoms with Gasteiger partial charge in [0.25, 0.3) is 11.5 Å². The summed E-state index contributed by atoms with van der Waals surface area (Å²) in [6, 6.07) is 31.0. The Bertz CT molecular complexity index is 2190. The second-order valence-electron chi connectivity index (χ2n) is 10.4. The summed E-state index contributed by atoms with van der Waals surface area (Å²) in [5.74, 6) is 0.681. The topological polar surface area (TPSA) is 106 Å². The summed E-state index contributed by atoms with van der Waals surface area (Å²) < 4.78 is 14.4. The van der Waals surface area contributed by atoms with E-state index in [1.165, 1.54) is 11.3 Å². The van der Waals surface area contributed by atoms with Gasteiger partial charge >= 0.3 is 0 Å². The fourth-order valence-electron chi connectivity index (χ4n) is 5.23. The predicted octanol–water partition coefficient (Wildman–Crippen LogP) is 6.10. The Balaban J connectivity index is 1.37. The van der Waals surface area contributed by atoms with Crippen LogP contribution in [0.3, 0.4) is 0 Å². The molecule has 8 nitrogen and oxygen atoms in total. The number of nitrogens with one attached hydrogen (secondary N) is 1. The van der Waals surface area contributed by atoms with Gasteiger partial charge in [0.05, 0.1) is 45.1 Å². The fourth-order valence-corrected chi connectivity index (χ4v) is 6.85. The van der Waals surface area contributed by atoms with Crippen LogP contribution >= 0.6 is 27.3 Å². The maximum atomic E-state index is 14.1. The first-order valence-electron chi connectivity index (χ1n) is 14.3. The highest BCUT2D eigenvalue weighted by atomic mass is 79.9. The van der Waals surface area contributed by atoms with Crippen LogP contribution in [0, 0.1) is 11.3 Å². The number of thiazole rings is 1. The van der Waals surface area contributed by atoms with Gasteiger partial charge in [-0.2, -0.15) is 5.26 Å². The van der Waals surface area contributed by atoms with Crippen LogP contribution in [0.1, 0.15) is 35.2 Å². The summed E-state index contributed by atoms with van der Waals surface area (Å²) >= 11 is 4.87. The number of methoxy groups -OCH3 is 1. The molecule has 5 aromatic rings. The van der Waals surface area contributed by atoms with Crippen molar-refractivity contribution < 1.29 is 14.3 Å². The van der Waals surface area contributed by atoms with Crippen LogP contribution in [0.4, 0.5) is 5.69 Å². The molecule has 1 aliphatic rings. The summed E-state index contributed by atoms with van der Waals surface area (Å²) in [5.41, 5.74) is 4.34. The maximum Gasteiger partial charge on any atom is 0.271 e. The van der Waals surface area contributed by atoms with Gasteiger partial charge < -0.3 is 14.8 Å². The van der Waals surface area contributed by atoms with Crippen molar-refractivity contribution in [2.45, 2.75) is 19.6 Å². The zero-order valence-corrected chi connectivity index (χ0v) is 27.3. The summed E-state index contributed by atoms with van der Waals surface area (Å²) in [6.45, 7) is 2.07. The molecule has 2 heterocycles. The van der Waals surface area contributed by atoms with Gasteiger partial charge in [-0.15, -0.1) is 0 Å². The number of hydrogen-bond acceptors (Lipinski definition) is 7. The first-order valence-corrected chi connectivity index (χ1v) is 15.9. The number of fused-ring (bicyclic) bond motifs is 1. The minimum Gasteiger partial charge on any atom is -0.493 e. The van der Waals surface area contributed by atoms with Crippen molar-refractivity contribution in [3.63, 3.8) is 0 Å². The van der Waals surface area contributed by atoms with Gasteiger partial charge in [-0.25, -0.2) is 4.99 Å². The van der Waals surface area contributed by atoms with Gasteiger partial charge in [-0.05, 0) is 82.0 Å². The van der Waals surface area contributed by atoms with E-state index in [1.807, 2.05) is 78.9 Å². The Kier molecular flexibility index (Phi) is 8.97. The van der Waals surface area contributed by atoms with E-state index in [1.54, 1.807) is 42.9 Å². The molecule has 0 bridgehead atoms. The van der Waals surface area contributed by atoms with E-state index in [0.717, 1.165) is 11.1 Å². The van der Waals surface area contributed by atoms with E-state index in [9.17, 15) is 9.59 Å². The lowest BCUT2D eigenvalue weighted by Gasteiger charge is -2.25. The fraction of sp³-hybridized carbons (Fsp3) is 0.111. The Morgan fingerprint density at radius 3 is 2.43 bits per heavy atom. The molecule has 46 heavy (non-hydrogen) atoms. The van der Waals surface area contributed by atoms with Gasteiger partial charge in [0.2, 0.25) is 0 Å². The first-order chi connectivity index (χ1) is 22.4. The number of para-hydroxylation sites is 1. The molecule has 0 saturated heterocycles. The van der Waals surface area contributed by atoms with E-state index >= 15 is 0 Å². The summed E-state index contributed by atoms with van der Waals surface area (Å²) in [4.78, 5) is 33.0. The van der Waals surface area contributed by atoms with Crippen molar-refractivity contribution in [3.05, 3.63) is 155 Å². The van der Waals surface area contributed by atoms with Crippen LogP contribution in [0.5, 0.6) is 11.5 Å². The first kappa shape index (κ1) is 30.8. The molecule has 0 aliphatic carbocycles. The van der Waals surface area contributed by atoms with Crippen LogP contribution in [0.25, 0.3) is 6.08 Å². The van der Waals surface area contributed by atoms with Crippen molar-refractivity contribution in [2.24, 2.45) is 4.99 Å². The molecule has 10 heteroatoms. The quantitative estimate of drug-likeness (QED) is 0.212. The zero-order valence-electron chi connectivity index (χ0n) is 24.9. The van der Waals surface area contributed by atoms with Gasteiger partial charge in [0, 0.05) is 5.69 Å². The number of nitrogens with zero attached hydrogens (tertiary/aromatic N) is 3. The largest absolute Gasteiger partial charge is 0.493 e. The minimum absolute atomic E-state index is 0.258. The summed E-state index contributed by atoms with van der Waals surface area (Å²) in [5, 5.41) is 12.0. The Morgan fingerprint density at radius 1 is 1.07 bits per heavy atom. The standard InChI is InChI=1S/C36H27BrN4O4S/c1-22-31(34(42)40-27-11-7-4-8-12-27)32(26-9-5-3-6-10-26)41-35(43)30(46-36(41)39-22)19-25-17-28(37)33(29(18-25)44-2)45-21-24-15-13-23(20-38)14-16-24/h3-19,32H,21H2,1-2H3,(H,40,42)/b30-19+/t32-/m1/s1. The highest BCUT2D eigenvalue weighted by Gasteiger charge is 2.32. The second-order valence-corrected chi connectivity index (χ2v) is 12.3. The van der Waals surface area contributed by atoms with Crippen molar-refractivity contribution in [1.29, 1.82) is 5.26 Å². The van der Waals surface area contributed by atoms with Gasteiger partial charge in [0.15, 0.2) is 16.3 Å². The van der Waals surface area contributed by atoms with Crippen molar-refractivity contribution >= 4 is 44.9 Å². The number of amides is 1. The number of allylic oxidation sites excluding steroid dienone is 1. The highest BCUT2D eigenvalue weighted by molar-refractivity contribution is 9.10. The molecule has 0 unspecified atom stereocenters. The van der Waals surface area contributed by atoms with Crippen LogP contribution in [0.15, 0.2) is 123 Å². The molecule has 0 radical (unpaired) electrons. The smallest absolute Gasteiger partial charge is 0.271 e. The van der Waals surface area contributed by atoms with Gasteiger partial charge in [-0.3, -0.25) is 14.2 Å². The number of halogens is 1. The molecule has 1 atom stereocenters. The molecule has 228 valence electrons. The minimum atomic E-state index is -0.664. The summed E-state index contributed by atoms with van der Waals surface area (Å²) in [6.07, 6.45) is 1.78. The molecule has 6 rings (SSSR count). The van der Waals surface area contributed by atoms with E-state index in [2.05, 4.69) is 27.3 Å². The molecule has 1 aliphatic heterocycles. The van der Waals surface area contributed by atoms with Gasteiger partial charge in [0.1, 0.15) is 6.61 Å². The van der Waals surface area contributed by atoms with Crippen molar-refractivity contribution in [1.82, 2.24) is 4.57 Å². The van der Waals surface area contributed by atoms with Crippen molar-refractivity contribution in [2.75, 3.05) is 12.4 Å². The third-order valence-corrected chi connectivity index (χ3v) is 9.00. The van der Waals surface area contributed by atoms with E-state index in [0.29, 0.717) is 53.4 Å².